The second-order valence-corrected chi connectivity index (χ2v) is 8.08. The van der Waals surface area contributed by atoms with E-state index in [-0.39, 0.29) is 11.8 Å². The lowest BCUT2D eigenvalue weighted by molar-refractivity contribution is -0.225. The molecule has 9 heteroatoms. The van der Waals surface area contributed by atoms with Crippen LogP contribution in [0.25, 0.3) is 0 Å². The maximum Gasteiger partial charge on any atom is 0.417 e. The number of halogens is 6. The first kappa shape index (κ1) is 20.8. The molecule has 1 rings (SSSR count). The monoisotopic (exact) mass is 376 g/mol. The molecule has 0 N–H and O–H groups in total. The minimum Gasteiger partial charge on any atom is -0.217 e. The third-order valence-corrected chi connectivity index (χ3v) is 5.40. The van der Waals surface area contributed by atoms with Crippen molar-refractivity contribution in [1.29, 1.82) is 0 Å². The molecule has 0 atom stereocenters. The van der Waals surface area contributed by atoms with Crippen LogP contribution in [0, 0.1) is 0 Å². The standard InChI is InChI=1S/C15H18F6O2S/c1-8(2)10-5-11(9(3)4)7-12(6-10)24(22,23)15(20,21)14(18,19)13(16)17/h5-9,13H,1-4H3. The Morgan fingerprint density at radius 2 is 1.21 bits per heavy atom. The van der Waals surface area contributed by atoms with E-state index in [1.807, 2.05) is 0 Å². The smallest absolute Gasteiger partial charge is 0.217 e. The Bertz CT molecular complexity index is 670. The van der Waals surface area contributed by atoms with Crippen LogP contribution in [-0.2, 0) is 9.84 Å². The highest BCUT2D eigenvalue weighted by Gasteiger charge is 2.70. The summed E-state index contributed by atoms with van der Waals surface area (Å²) in [5.74, 6) is -6.55. The van der Waals surface area contributed by atoms with Crippen molar-refractivity contribution < 1.29 is 34.8 Å². The highest BCUT2D eigenvalue weighted by molar-refractivity contribution is 7.92. The molecule has 0 saturated carbocycles. The van der Waals surface area contributed by atoms with E-state index in [1.54, 1.807) is 33.8 Å². The average molecular weight is 376 g/mol. The molecule has 2 nitrogen and oxygen atoms in total. The van der Waals surface area contributed by atoms with Crippen LogP contribution < -0.4 is 0 Å². The maximum absolute atomic E-state index is 13.8. The maximum atomic E-state index is 13.8. The highest BCUT2D eigenvalue weighted by atomic mass is 32.2. The lowest BCUT2D eigenvalue weighted by Gasteiger charge is -2.26. The van der Waals surface area contributed by atoms with Crippen LogP contribution in [0.15, 0.2) is 23.1 Å². The molecule has 0 aliphatic heterocycles. The van der Waals surface area contributed by atoms with Crippen LogP contribution in [0.2, 0.25) is 0 Å². The van der Waals surface area contributed by atoms with E-state index in [9.17, 15) is 34.8 Å². The minimum absolute atomic E-state index is 0.276. The third-order valence-electron chi connectivity index (χ3n) is 3.59. The number of hydrogen-bond acceptors (Lipinski definition) is 2. The van der Waals surface area contributed by atoms with E-state index in [1.165, 1.54) is 0 Å². The number of benzene rings is 1. The zero-order valence-electron chi connectivity index (χ0n) is 13.5. The Kier molecular flexibility index (Phi) is 5.69. The van der Waals surface area contributed by atoms with Gasteiger partial charge in [0.1, 0.15) is 0 Å². The van der Waals surface area contributed by atoms with Crippen molar-refractivity contribution in [3.8, 4) is 0 Å². The van der Waals surface area contributed by atoms with E-state index in [0.717, 1.165) is 12.1 Å². The number of rotatable bonds is 6. The van der Waals surface area contributed by atoms with E-state index >= 15 is 0 Å². The van der Waals surface area contributed by atoms with Gasteiger partial charge in [-0.05, 0) is 35.1 Å². The number of sulfone groups is 1. The molecule has 0 radical (unpaired) electrons. The van der Waals surface area contributed by atoms with E-state index in [2.05, 4.69) is 0 Å². The van der Waals surface area contributed by atoms with Crippen LogP contribution in [0.4, 0.5) is 26.3 Å². The van der Waals surface area contributed by atoms with Crippen molar-refractivity contribution in [3.05, 3.63) is 29.3 Å². The highest BCUT2D eigenvalue weighted by Crippen LogP contribution is 2.46. The van der Waals surface area contributed by atoms with Gasteiger partial charge < -0.3 is 0 Å². The number of alkyl halides is 6. The molecular weight excluding hydrogens is 358 g/mol. The summed E-state index contributed by atoms with van der Waals surface area (Å²) in [7, 11) is -6.02. The zero-order valence-corrected chi connectivity index (χ0v) is 14.3. The number of hydrogen-bond donors (Lipinski definition) is 0. The van der Waals surface area contributed by atoms with Gasteiger partial charge in [0.05, 0.1) is 4.90 Å². The molecule has 0 heterocycles. The second-order valence-electron chi connectivity index (χ2n) is 6.09. The van der Waals surface area contributed by atoms with Crippen molar-refractivity contribution >= 4 is 9.84 Å². The zero-order chi connectivity index (χ0) is 19.1. The van der Waals surface area contributed by atoms with Gasteiger partial charge in [0.25, 0.3) is 0 Å². The molecule has 0 fully saturated rings. The van der Waals surface area contributed by atoms with Gasteiger partial charge in [0.15, 0.2) is 0 Å². The summed E-state index contributed by atoms with van der Waals surface area (Å²) in [6.45, 7) is 6.62. The molecule has 1 aromatic carbocycles. The first-order valence-electron chi connectivity index (χ1n) is 7.09. The fraction of sp³-hybridized carbons (Fsp3) is 0.600. The summed E-state index contributed by atoms with van der Waals surface area (Å²) >= 11 is 0. The summed E-state index contributed by atoms with van der Waals surface area (Å²) in [5.41, 5.74) is 0.659. The van der Waals surface area contributed by atoms with Gasteiger partial charge in [0, 0.05) is 0 Å². The predicted molar refractivity (Wildman–Crippen MR) is 77.7 cm³/mol. The van der Waals surface area contributed by atoms with Crippen LogP contribution >= 0.6 is 0 Å². The van der Waals surface area contributed by atoms with Crippen molar-refractivity contribution in [2.75, 3.05) is 0 Å². The molecule has 0 spiro atoms. The molecule has 0 amide bonds. The molecule has 0 unspecified atom stereocenters. The van der Waals surface area contributed by atoms with Gasteiger partial charge in [-0.3, -0.25) is 0 Å². The molecule has 24 heavy (non-hydrogen) atoms. The van der Waals surface area contributed by atoms with Crippen LogP contribution in [-0.4, -0.2) is 26.0 Å². The Labute approximate surface area is 136 Å². The molecule has 0 bridgehead atoms. The largest absolute Gasteiger partial charge is 0.417 e. The summed E-state index contributed by atoms with van der Waals surface area (Å²) in [6, 6.07) is 3.21. The molecular formula is C15H18F6O2S. The van der Waals surface area contributed by atoms with Gasteiger partial charge in [-0.2, -0.15) is 17.6 Å². The summed E-state index contributed by atoms with van der Waals surface area (Å²) in [4.78, 5) is -1.09. The average Bonchev–Trinajstić information content (AvgIpc) is 2.45. The quantitative estimate of drug-likeness (QED) is 0.640. The molecule has 0 aliphatic rings. The van der Waals surface area contributed by atoms with E-state index in [0.29, 0.717) is 11.1 Å². The van der Waals surface area contributed by atoms with Crippen LogP contribution in [0.3, 0.4) is 0 Å². The fourth-order valence-corrected chi connectivity index (χ4v) is 3.25. The van der Waals surface area contributed by atoms with Crippen molar-refractivity contribution in [2.24, 2.45) is 0 Å². The van der Waals surface area contributed by atoms with E-state index < -0.39 is 32.3 Å². The van der Waals surface area contributed by atoms with Crippen molar-refractivity contribution in [1.82, 2.24) is 0 Å². The van der Waals surface area contributed by atoms with Gasteiger partial charge in [-0.1, -0.05) is 33.8 Å². The first-order valence-corrected chi connectivity index (χ1v) is 8.57. The van der Waals surface area contributed by atoms with Crippen molar-refractivity contribution in [2.45, 2.75) is 62.0 Å². The summed E-state index contributed by atoms with van der Waals surface area (Å²) in [5, 5.41) is -5.93. The Hall–Kier alpha value is -1.25. The SMILES string of the molecule is CC(C)c1cc(C(C)C)cc(S(=O)(=O)C(F)(F)C(F)(F)C(F)F)c1. The van der Waals surface area contributed by atoms with Gasteiger partial charge in [-0.25, -0.2) is 17.2 Å². The Morgan fingerprint density at radius 3 is 1.50 bits per heavy atom. The van der Waals surface area contributed by atoms with E-state index in [4.69, 9.17) is 0 Å². The summed E-state index contributed by atoms with van der Waals surface area (Å²) < 4.78 is 102. The third kappa shape index (κ3) is 3.41. The van der Waals surface area contributed by atoms with Gasteiger partial charge >= 0.3 is 17.6 Å². The Morgan fingerprint density at radius 1 is 0.833 bits per heavy atom. The normalized spacial score (nSPS) is 14.0. The Balaban J connectivity index is 3.64. The second kappa shape index (κ2) is 6.57. The lowest BCUT2D eigenvalue weighted by atomic mass is 9.96. The van der Waals surface area contributed by atoms with Crippen molar-refractivity contribution in [3.63, 3.8) is 0 Å². The predicted octanol–water partition coefficient (Wildman–Crippen LogP) is 5.20. The lowest BCUT2D eigenvalue weighted by Crippen LogP contribution is -2.51. The van der Waals surface area contributed by atoms with Crippen LogP contribution in [0.1, 0.15) is 50.7 Å². The molecule has 0 saturated heterocycles. The topological polar surface area (TPSA) is 34.1 Å². The molecule has 138 valence electrons. The summed E-state index contributed by atoms with van der Waals surface area (Å²) in [6.07, 6.45) is -4.82. The fourth-order valence-electron chi connectivity index (χ4n) is 1.92. The molecule has 0 aliphatic carbocycles. The van der Waals surface area contributed by atoms with Crippen LogP contribution in [0.5, 0.6) is 0 Å². The first-order chi connectivity index (χ1) is 10.7. The van der Waals surface area contributed by atoms with Gasteiger partial charge in [0.2, 0.25) is 9.84 Å². The minimum atomic E-state index is -6.02. The molecule has 0 aromatic heterocycles. The van der Waals surface area contributed by atoms with Gasteiger partial charge in [-0.15, -0.1) is 0 Å². The molecule has 1 aromatic rings.